The molecule has 0 spiro atoms. The predicted octanol–water partition coefficient (Wildman–Crippen LogP) is 4.42. The highest BCUT2D eigenvalue weighted by atomic mass is 79.9. The van der Waals surface area contributed by atoms with Crippen LogP contribution in [0.15, 0.2) is 69.1 Å². The van der Waals surface area contributed by atoms with E-state index in [0.29, 0.717) is 28.9 Å². The molecule has 4 aliphatic rings. The molecule has 0 saturated carbocycles. The number of imide groups is 1. The standard InChI is InChI=1S/C28H22BrNO6S/c1-36-22-9-13(31)4-5-16(22)23-15-6-7-17-24(28(35)30(27(17)34)12-14-3-2-8-37-14)18(15)10-19-25(23)21(32)11-20(29)26(19)33/h2-6,8-9,11,17-18,23-24,31H,7,10,12H2,1H3/t17-,18+,23+,24-/m0/s1. The van der Waals surface area contributed by atoms with E-state index in [0.717, 1.165) is 10.5 Å². The van der Waals surface area contributed by atoms with Crippen LogP contribution >= 0.6 is 27.3 Å². The number of nitrogens with zero attached hydrogens (tertiary/aromatic N) is 1. The Morgan fingerprint density at radius 1 is 1.14 bits per heavy atom. The molecule has 6 rings (SSSR count). The maximum absolute atomic E-state index is 13.7. The Morgan fingerprint density at radius 2 is 1.95 bits per heavy atom. The summed E-state index contributed by atoms with van der Waals surface area (Å²) in [6.45, 7) is 0.235. The number of methoxy groups -OCH3 is 1. The van der Waals surface area contributed by atoms with E-state index in [1.54, 1.807) is 6.07 Å². The van der Waals surface area contributed by atoms with Gasteiger partial charge in [-0.3, -0.25) is 24.1 Å². The van der Waals surface area contributed by atoms with Crippen LogP contribution in [-0.4, -0.2) is 40.5 Å². The van der Waals surface area contributed by atoms with Gasteiger partial charge in [-0.1, -0.05) is 23.8 Å². The number of rotatable bonds is 4. The van der Waals surface area contributed by atoms with Gasteiger partial charge in [-0.2, -0.15) is 0 Å². The molecule has 2 heterocycles. The molecule has 188 valence electrons. The van der Waals surface area contributed by atoms with Crippen LogP contribution < -0.4 is 4.74 Å². The number of phenolic OH excluding ortho intramolecular Hbond substituents is 1. The number of hydrogen-bond acceptors (Lipinski definition) is 7. The van der Waals surface area contributed by atoms with Gasteiger partial charge >= 0.3 is 0 Å². The van der Waals surface area contributed by atoms with Crippen molar-refractivity contribution in [2.45, 2.75) is 25.3 Å². The van der Waals surface area contributed by atoms with Gasteiger partial charge in [-0.25, -0.2) is 0 Å². The molecule has 3 aliphatic carbocycles. The molecular weight excluding hydrogens is 558 g/mol. The van der Waals surface area contributed by atoms with Crippen molar-refractivity contribution in [1.29, 1.82) is 0 Å². The highest BCUT2D eigenvalue weighted by molar-refractivity contribution is 9.12. The Hall–Kier alpha value is -3.30. The Bertz CT molecular complexity index is 1470. The maximum Gasteiger partial charge on any atom is 0.234 e. The quantitative estimate of drug-likeness (QED) is 0.327. The first kappa shape index (κ1) is 24.1. The van der Waals surface area contributed by atoms with Gasteiger partial charge in [0.15, 0.2) is 11.6 Å². The molecule has 1 fully saturated rings. The number of carbonyl (C=O) groups excluding carboxylic acids is 4. The lowest BCUT2D eigenvalue weighted by molar-refractivity contribution is -0.140. The molecule has 7 nitrogen and oxygen atoms in total. The van der Waals surface area contributed by atoms with Crippen molar-refractivity contribution >= 4 is 50.6 Å². The number of hydrogen-bond donors (Lipinski definition) is 1. The van der Waals surface area contributed by atoms with Crippen LogP contribution in [0.25, 0.3) is 0 Å². The van der Waals surface area contributed by atoms with E-state index in [9.17, 15) is 24.3 Å². The number of ether oxygens (including phenoxy) is 1. The van der Waals surface area contributed by atoms with Crippen molar-refractivity contribution in [3.63, 3.8) is 0 Å². The van der Waals surface area contributed by atoms with Crippen LogP contribution in [0, 0.1) is 17.8 Å². The van der Waals surface area contributed by atoms with Crippen LogP contribution in [-0.2, 0) is 25.7 Å². The molecule has 0 bridgehead atoms. The molecule has 4 atom stereocenters. The average Bonchev–Trinajstić information content (AvgIpc) is 3.49. The van der Waals surface area contributed by atoms with Crippen LogP contribution in [0.5, 0.6) is 11.5 Å². The molecule has 1 saturated heterocycles. The number of amides is 2. The maximum atomic E-state index is 13.7. The van der Waals surface area contributed by atoms with Gasteiger partial charge in [-0.05, 0) is 52.2 Å². The first-order valence-corrected chi connectivity index (χ1v) is 13.6. The molecule has 1 aromatic heterocycles. The van der Waals surface area contributed by atoms with Crippen molar-refractivity contribution in [3.05, 3.63) is 79.5 Å². The van der Waals surface area contributed by atoms with Crippen LogP contribution in [0.4, 0.5) is 0 Å². The number of ketones is 2. The number of carbonyl (C=O) groups is 4. The van der Waals surface area contributed by atoms with Crippen LogP contribution in [0.1, 0.15) is 29.2 Å². The summed E-state index contributed by atoms with van der Waals surface area (Å²) < 4.78 is 5.74. The highest BCUT2D eigenvalue weighted by Crippen LogP contribution is 2.56. The first-order chi connectivity index (χ1) is 17.8. The van der Waals surface area contributed by atoms with E-state index in [-0.39, 0.29) is 46.6 Å². The van der Waals surface area contributed by atoms with E-state index in [1.807, 2.05) is 23.6 Å². The second kappa shape index (κ2) is 8.92. The number of Topliss-reactive ketones (excluding diaryl/α,β-unsaturated/α-hetero) is 1. The Labute approximate surface area is 225 Å². The number of aromatic hydroxyl groups is 1. The van der Waals surface area contributed by atoms with Gasteiger partial charge in [0, 0.05) is 39.6 Å². The second-order valence-electron chi connectivity index (χ2n) is 9.66. The van der Waals surface area contributed by atoms with Gasteiger partial charge < -0.3 is 9.84 Å². The largest absolute Gasteiger partial charge is 0.508 e. The summed E-state index contributed by atoms with van der Waals surface area (Å²) >= 11 is 4.73. The van der Waals surface area contributed by atoms with E-state index >= 15 is 0 Å². The number of allylic oxidation sites excluding steroid dienone is 6. The highest BCUT2D eigenvalue weighted by Gasteiger charge is 2.56. The second-order valence-corrected chi connectivity index (χ2v) is 11.5. The minimum Gasteiger partial charge on any atom is -0.508 e. The summed E-state index contributed by atoms with van der Waals surface area (Å²) in [4.78, 5) is 56.0. The zero-order valence-corrected chi connectivity index (χ0v) is 22.2. The Balaban J connectivity index is 1.48. The van der Waals surface area contributed by atoms with Gasteiger partial charge in [0.05, 0.1) is 30.0 Å². The summed E-state index contributed by atoms with van der Waals surface area (Å²) in [7, 11) is 1.48. The third-order valence-corrected chi connectivity index (χ3v) is 9.29. The zero-order chi connectivity index (χ0) is 26.0. The fraction of sp³-hybridized carbons (Fsp3) is 0.286. The van der Waals surface area contributed by atoms with Gasteiger partial charge in [0.1, 0.15) is 11.5 Å². The van der Waals surface area contributed by atoms with Crippen molar-refractivity contribution in [3.8, 4) is 11.5 Å². The molecule has 9 heteroatoms. The topological polar surface area (TPSA) is 101 Å². The predicted molar refractivity (Wildman–Crippen MR) is 139 cm³/mol. The van der Waals surface area contributed by atoms with Crippen LogP contribution in [0.2, 0.25) is 0 Å². The number of thiophene rings is 1. The lowest BCUT2D eigenvalue weighted by atomic mass is 9.59. The van der Waals surface area contributed by atoms with Gasteiger partial charge in [0.2, 0.25) is 11.8 Å². The fourth-order valence-corrected chi connectivity index (χ4v) is 7.42. The van der Waals surface area contributed by atoms with Crippen molar-refractivity contribution in [2.75, 3.05) is 7.11 Å². The number of likely N-dealkylation sites (tertiary alicyclic amines) is 1. The molecule has 1 aliphatic heterocycles. The number of fused-ring (bicyclic) bond motifs is 3. The Kier molecular flexibility index (Phi) is 5.80. The van der Waals surface area contributed by atoms with Crippen LogP contribution in [0.3, 0.4) is 0 Å². The third-order valence-electron chi connectivity index (χ3n) is 7.84. The van der Waals surface area contributed by atoms with E-state index in [2.05, 4.69) is 15.9 Å². The summed E-state index contributed by atoms with van der Waals surface area (Å²) in [5.41, 5.74) is 2.20. The number of halogens is 1. The molecule has 1 N–H and O–H groups in total. The lowest BCUT2D eigenvalue weighted by Gasteiger charge is -2.42. The van der Waals surface area contributed by atoms with Crippen molar-refractivity contribution < 1.29 is 29.0 Å². The Morgan fingerprint density at radius 3 is 2.68 bits per heavy atom. The summed E-state index contributed by atoms with van der Waals surface area (Å²) in [6.07, 6.45) is 3.85. The van der Waals surface area contributed by atoms with Crippen molar-refractivity contribution in [2.24, 2.45) is 17.8 Å². The minimum atomic E-state index is -0.632. The summed E-state index contributed by atoms with van der Waals surface area (Å²) in [5, 5.41) is 12.0. The molecule has 37 heavy (non-hydrogen) atoms. The van der Waals surface area contributed by atoms with Gasteiger partial charge in [0.25, 0.3) is 0 Å². The van der Waals surface area contributed by atoms with Gasteiger partial charge in [-0.15, -0.1) is 11.3 Å². The lowest BCUT2D eigenvalue weighted by Crippen LogP contribution is -2.39. The number of benzene rings is 1. The molecular formula is C28H22BrNO6S. The average molecular weight is 580 g/mol. The first-order valence-electron chi connectivity index (χ1n) is 11.9. The summed E-state index contributed by atoms with van der Waals surface area (Å²) in [5.74, 6) is -2.76. The normalized spacial score (nSPS) is 27.0. The molecule has 2 amide bonds. The molecule has 0 unspecified atom stereocenters. The summed E-state index contributed by atoms with van der Waals surface area (Å²) in [6, 6.07) is 8.47. The molecule has 0 radical (unpaired) electrons. The fourth-order valence-electron chi connectivity index (χ4n) is 6.28. The third kappa shape index (κ3) is 3.67. The monoisotopic (exact) mass is 579 g/mol. The number of phenols is 1. The smallest absolute Gasteiger partial charge is 0.234 e. The zero-order valence-electron chi connectivity index (χ0n) is 19.8. The van der Waals surface area contributed by atoms with E-state index in [1.165, 1.54) is 41.6 Å². The minimum absolute atomic E-state index is 0.00863. The van der Waals surface area contributed by atoms with E-state index < -0.39 is 23.7 Å². The van der Waals surface area contributed by atoms with E-state index in [4.69, 9.17) is 4.74 Å². The molecule has 1 aromatic carbocycles. The van der Waals surface area contributed by atoms with Crippen molar-refractivity contribution in [1.82, 2.24) is 4.90 Å². The molecule has 2 aromatic rings. The SMILES string of the molecule is COc1cc(O)ccc1[C@H]1C2=CC[C@@H]3C(=O)N(Cc4cccs4)C(=O)[C@@H]3[C@@H]2CC2=C1C(=O)C=C(Br)C2=O.